The predicted octanol–water partition coefficient (Wildman–Crippen LogP) is -2.20. The highest BCUT2D eigenvalue weighted by atomic mass is 16.7. The summed E-state index contributed by atoms with van der Waals surface area (Å²) in [6.45, 7) is 0.792. The van der Waals surface area contributed by atoms with Gasteiger partial charge in [-0.2, -0.15) is 0 Å². The van der Waals surface area contributed by atoms with Crippen molar-refractivity contribution in [2.45, 2.75) is 44.2 Å². The number of carboxylic acids is 2. The molecule has 13 nitrogen and oxygen atoms in total. The van der Waals surface area contributed by atoms with E-state index >= 15 is 0 Å². The van der Waals surface area contributed by atoms with E-state index in [1.165, 1.54) is 0 Å². The van der Waals surface area contributed by atoms with Gasteiger partial charge in [-0.15, -0.1) is 0 Å². The molecular formula is C12H27N7O6. The lowest BCUT2D eigenvalue weighted by atomic mass is 10.1. The van der Waals surface area contributed by atoms with E-state index < -0.39 is 29.1 Å². The Balaban J connectivity index is 0. The number of aliphatic imine (C=N–C) groups is 1. The van der Waals surface area contributed by atoms with E-state index in [4.69, 9.17) is 33.1 Å². The molecule has 0 bridgehead atoms. The van der Waals surface area contributed by atoms with Crippen molar-refractivity contribution in [1.82, 2.24) is 5.43 Å². The Bertz CT molecular complexity index is 446. The molecule has 0 unspecified atom stereocenters. The number of hydrogen-bond donors (Lipinski definition) is 7. The number of guanidine groups is 1. The summed E-state index contributed by atoms with van der Waals surface area (Å²) in [4.78, 5) is 33.9. The molecule has 0 aromatic heterocycles. The number of rotatable bonds is 11. The first-order chi connectivity index (χ1) is 11.6. The summed E-state index contributed by atoms with van der Waals surface area (Å²) in [5.41, 5.74) is 22.4. The zero-order valence-electron chi connectivity index (χ0n) is 13.8. The number of carboxylic acid groups (broad SMARTS) is 2. The Morgan fingerprint density at radius 3 is 1.96 bits per heavy atom. The zero-order valence-corrected chi connectivity index (χ0v) is 13.8. The van der Waals surface area contributed by atoms with E-state index in [2.05, 4.69) is 4.99 Å². The number of carbonyl (C=O) groups is 2. The van der Waals surface area contributed by atoms with Gasteiger partial charge < -0.3 is 33.1 Å². The Hall–Kier alpha value is -2.51. The highest BCUT2D eigenvalue weighted by Gasteiger charge is 2.10. The number of unbranched alkanes of at least 4 members (excludes halogenated alkanes) is 1. The fourth-order valence-electron chi connectivity index (χ4n) is 1.40. The molecule has 11 N–H and O–H groups in total. The maximum absolute atomic E-state index is 10.3. The van der Waals surface area contributed by atoms with Gasteiger partial charge in [-0.1, -0.05) is 11.8 Å². The predicted molar refractivity (Wildman–Crippen MR) is 90.0 cm³/mol. The Morgan fingerprint density at radius 1 is 1.08 bits per heavy atom. The molecule has 0 aliphatic heterocycles. The van der Waals surface area contributed by atoms with Crippen LogP contribution in [0.2, 0.25) is 0 Å². The van der Waals surface area contributed by atoms with Gasteiger partial charge in [0.15, 0.2) is 5.03 Å². The van der Waals surface area contributed by atoms with Crippen LogP contribution in [0.4, 0.5) is 0 Å². The normalized spacial score (nSPS) is 13.2. The summed E-state index contributed by atoms with van der Waals surface area (Å²) >= 11 is 0. The minimum atomic E-state index is -1.09. The van der Waals surface area contributed by atoms with Crippen LogP contribution in [-0.4, -0.2) is 58.3 Å². The molecule has 2 atom stereocenters. The molecule has 0 aliphatic carbocycles. The van der Waals surface area contributed by atoms with Crippen LogP contribution in [0, 0.1) is 10.1 Å². The summed E-state index contributed by atoms with van der Waals surface area (Å²) in [6, 6.07) is -1.66. The van der Waals surface area contributed by atoms with Crippen molar-refractivity contribution in [3.8, 4) is 0 Å². The van der Waals surface area contributed by atoms with Crippen molar-refractivity contribution in [1.29, 1.82) is 0 Å². The van der Waals surface area contributed by atoms with Crippen LogP contribution in [-0.2, 0) is 9.59 Å². The summed E-state index contributed by atoms with van der Waals surface area (Å²) in [7, 11) is 0. The van der Waals surface area contributed by atoms with Gasteiger partial charge in [0.1, 0.15) is 12.1 Å². The van der Waals surface area contributed by atoms with E-state index in [9.17, 15) is 19.7 Å². The number of aliphatic carboxylic acids is 2. The first-order valence-electron chi connectivity index (χ1n) is 7.49. The number of nitrogens with zero attached hydrogens (tertiary/aromatic N) is 2. The summed E-state index contributed by atoms with van der Waals surface area (Å²) in [5, 5.41) is 25.8. The molecule has 25 heavy (non-hydrogen) atoms. The van der Waals surface area contributed by atoms with Crippen LogP contribution >= 0.6 is 0 Å². The van der Waals surface area contributed by atoms with Gasteiger partial charge in [-0.25, -0.2) is 15.1 Å². The van der Waals surface area contributed by atoms with Gasteiger partial charge in [0.2, 0.25) is 0 Å². The minimum absolute atomic E-state index is 0.188. The second-order valence-corrected chi connectivity index (χ2v) is 4.95. The third-order valence-corrected chi connectivity index (χ3v) is 2.76. The number of hydrazine groups is 1. The average Bonchev–Trinajstić information content (AvgIpc) is 2.51. The molecule has 0 aromatic carbocycles. The van der Waals surface area contributed by atoms with Gasteiger partial charge >= 0.3 is 11.9 Å². The summed E-state index contributed by atoms with van der Waals surface area (Å²) in [6.07, 6.45) is 2.80. The maximum Gasteiger partial charge on any atom is 0.320 e. The molecule has 0 aliphatic rings. The SMILES string of the molecule is NC(=NCCC[C@@H](N)C(=O)O)N[N+](=O)[O-].NCCCC[C@H](N)C(=O)O. The first kappa shape index (κ1) is 24.7. The van der Waals surface area contributed by atoms with Crippen LogP contribution < -0.4 is 28.4 Å². The van der Waals surface area contributed by atoms with Crippen molar-refractivity contribution < 1.29 is 24.8 Å². The molecule has 0 aromatic rings. The molecule has 0 rings (SSSR count). The van der Waals surface area contributed by atoms with Crippen molar-refractivity contribution in [2.24, 2.45) is 27.9 Å². The van der Waals surface area contributed by atoms with Crippen LogP contribution in [0.1, 0.15) is 32.1 Å². The van der Waals surface area contributed by atoms with Crippen molar-refractivity contribution in [3.63, 3.8) is 0 Å². The van der Waals surface area contributed by atoms with Gasteiger partial charge in [0.05, 0.1) is 0 Å². The fourth-order valence-corrected chi connectivity index (χ4v) is 1.40. The molecule has 0 fully saturated rings. The summed E-state index contributed by atoms with van der Waals surface area (Å²) < 4.78 is 0. The van der Waals surface area contributed by atoms with Crippen molar-refractivity contribution >= 4 is 17.9 Å². The largest absolute Gasteiger partial charge is 0.480 e. The third-order valence-electron chi connectivity index (χ3n) is 2.76. The first-order valence-corrected chi connectivity index (χ1v) is 7.49. The van der Waals surface area contributed by atoms with Crippen molar-refractivity contribution in [3.05, 3.63) is 10.1 Å². The smallest absolute Gasteiger partial charge is 0.320 e. The van der Waals surface area contributed by atoms with E-state index in [0.29, 0.717) is 19.4 Å². The van der Waals surface area contributed by atoms with Crippen LogP contribution in [0.3, 0.4) is 0 Å². The Kier molecular flexibility index (Phi) is 14.9. The quantitative estimate of drug-likeness (QED) is 0.0680. The lowest BCUT2D eigenvalue weighted by molar-refractivity contribution is -0.525. The van der Waals surface area contributed by atoms with Crippen molar-refractivity contribution in [2.75, 3.05) is 13.1 Å². The van der Waals surface area contributed by atoms with Gasteiger partial charge in [-0.3, -0.25) is 9.59 Å². The Labute approximate surface area is 144 Å². The van der Waals surface area contributed by atoms with E-state index in [0.717, 1.165) is 12.8 Å². The van der Waals surface area contributed by atoms with Gasteiger partial charge in [-0.05, 0) is 32.2 Å². The van der Waals surface area contributed by atoms with Gasteiger partial charge in [0.25, 0.3) is 5.96 Å². The lowest BCUT2D eigenvalue weighted by Gasteiger charge is -2.03. The van der Waals surface area contributed by atoms with Crippen LogP contribution in [0.25, 0.3) is 0 Å². The fraction of sp³-hybridized carbons (Fsp3) is 0.750. The molecule has 146 valence electrons. The standard InChI is InChI=1S/C6H13N5O4.C6H14N2O2/c7-4(5(12)13)2-1-3-9-6(8)10-11(14)15;7-4-2-1-3-5(8)6(9)10/h4H,1-3,7H2,(H,12,13)(H3,8,9,10);5H,1-4,7-8H2,(H,9,10)/t4-;5-/m10/s1. The van der Waals surface area contributed by atoms with Gasteiger partial charge in [0, 0.05) is 6.54 Å². The highest BCUT2D eigenvalue weighted by Crippen LogP contribution is 1.97. The molecule has 13 heteroatoms. The molecule has 0 amide bonds. The monoisotopic (exact) mass is 365 g/mol. The lowest BCUT2D eigenvalue weighted by Crippen LogP contribution is -2.36. The van der Waals surface area contributed by atoms with Crippen LogP contribution in [0.15, 0.2) is 4.99 Å². The molecule has 0 spiro atoms. The molecule has 0 saturated carbocycles. The number of hydrogen-bond acceptors (Lipinski definition) is 8. The highest BCUT2D eigenvalue weighted by molar-refractivity contribution is 5.76. The average molecular weight is 365 g/mol. The number of nitro groups is 1. The minimum Gasteiger partial charge on any atom is -0.480 e. The second-order valence-electron chi connectivity index (χ2n) is 4.95. The van der Waals surface area contributed by atoms with E-state index in [-0.39, 0.29) is 18.9 Å². The Morgan fingerprint density at radius 2 is 1.56 bits per heavy atom. The van der Waals surface area contributed by atoms with E-state index in [1.807, 2.05) is 0 Å². The molecular weight excluding hydrogens is 338 g/mol. The topological polar surface area (TPSA) is 246 Å². The maximum atomic E-state index is 10.3. The zero-order chi connectivity index (χ0) is 19.8. The van der Waals surface area contributed by atoms with Crippen LogP contribution in [0.5, 0.6) is 0 Å². The number of nitrogens with one attached hydrogen (secondary N) is 1. The summed E-state index contributed by atoms with van der Waals surface area (Å²) in [5.74, 6) is -2.34. The second kappa shape index (κ2) is 15.0. The molecule has 0 heterocycles. The third kappa shape index (κ3) is 17.7. The van der Waals surface area contributed by atoms with E-state index in [1.54, 1.807) is 5.43 Å². The molecule has 0 radical (unpaired) electrons. The molecule has 0 saturated heterocycles. The number of nitrogens with two attached hydrogens (primary N) is 4.